The summed E-state index contributed by atoms with van der Waals surface area (Å²) >= 11 is 0. The Morgan fingerprint density at radius 3 is 2.96 bits per heavy atom. The molecule has 28 heavy (non-hydrogen) atoms. The smallest absolute Gasteiger partial charge is 0.229 e. The van der Waals surface area contributed by atoms with Gasteiger partial charge in [-0.05, 0) is 44.7 Å². The monoisotopic (exact) mass is 378 g/mol. The van der Waals surface area contributed by atoms with Gasteiger partial charge in [0.2, 0.25) is 5.91 Å². The number of aromatic nitrogens is 3. The van der Waals surface area contributed by atoms with E-state index in [2.05, 4.69) is 46.6 Å². The van der Waals surface area contributed by atoms with E-state index >= 15 is 0 Å². The number of anilines is 1. The first-order chi connectivity index (χ1) is 13.6. The number of rotatable bonds is 7. The first kappa shape index (κ1) is 18.5. The quantitative estimate of drug-likeness (QED) is 0.796. The number of nitrogens with one attached hydrogen (secondary N) is 1. The molecule has 1 unspecified atom stereocenters. The zero-order chi connectivity index (χ0) is 19.6. The molecule has 3 atom stereocenters. The van der Waals surface area contributed by atoms with E-state index in [1.165, 1.54) is 0 Å². The number of carbonyl (C=O) groups excluding carboxylic acids is 1. The topological polar surface area (TPSA) is 69.0 Å². The lowest BCUT2D eigenvalue weighted by atomic mass is 9.82. The molecule has 146 valence electrons. The average molecular weight is 378 g/mol. The van der Waals surface area contributed by atoms with E-state index in [1.807, 2.05) is 36.0 Å². The predicted molar refractivity (Wildman–Crippen MR) is 108 cm³/mol. The van der Waals surface area contributed by atoms with Gasteiger partial charge in [0.25, 0.3) is 0 Å². The lowest BCUT2D eigenvalue weighted by molar-refractivity contribution is -0.118. The standard InChI is InChI=1S/C22H26N4O2/c1-3-26-14-19(16(2)25-26)28-15-22(17-9-5-4-6-10-17)13-18(22)21(27)24-20-11-7-8-12-23-20/h4-9,11-12,14,17-18H,3,10,13,15H2,1-2H3,(H,23,24,27)/t17?,18-,22+/m0/s1. The summed E-state index contributed by atoms with van der Waals surface area (Å²) in [4.78, 5) is 17.1. The molecule has 0 radical (unpaired) electrons. The molecule has 0 saturated heterocycles. The Kier molecular flexibility index (Phi) is 5.03. The summed E-state index contributed by atoms with van der Waals surface area (Å²) in [5.74, 6) is 1.61. The second kappa shape index (κ2) is 7.62. The minimum absolute atomic E-state index is 0.0197. The minimum Gasteiger partial charge on any atom is -0.489 e. The Balaban J connectivity index is 1.49. The fourth-order valence-electron chi connectivity index (χ4n) is 4.02. The van der Waals surface area contributed by atoms with E-state index in [0.717, 1.165) is 30.8 Å². The summed E-state index contributed by atoms with van der Waals surface area (Å²) in [6.45, 7) is 5.32. The third kappa shape index (κ3) is 3.59. The molecule has 2 aliphatic carbocycles. The normalized spacial score (nSPS) is 25.5. The van der Waals surface area contributed by atoms with Crippen LogP contribution < -0.4 is 10.1 Å². The molecule has 6 nitrogen and oxygen atoms in total. The van der Waals surface area contributed by atoms with Crippen molar-refractivity contribution in [1.82, 2.24) is 14.8 Å². The van der Waals surface area contributed by atoms with Crippen molar-refractivity contribution in [3.05, 3.63) is 60.6 Å². The third-order valence-corrected chi connectivity index (χ3v) is 5.79. The SMILES string of the molecule is CCn1cc(OC[C@@]2(C3C=CC=CC3)C[C@H]2C(=O)Nc2ccccn2)c(C)n1. The molecular formula is C22H26N4O2. The first-order valence-electron chi connectivity index (χ1n) is 9.84. The van der Waals surface area contributed by atoms with Crippen LogP contribution in [0.1, 0.15) is 25.5 Å². The molecule has 1 amide bonds. The van der Waals surface area contributed by atoms with Gasteiger partial charge < -0.3 is 10.1 Å². The van der Waals surface area contributed by atoms with Crippen LogP contribution in [0, 0.1) is 24.2 Å². The molecule has 2 aliphatic rings. The van der Waals surface area contributed by atoms with E-state index < -0.39 is 0 Å². The molecule has 0 spiro atoms. The van der Waals surface area contributed by atoms with Gasteiger partial charge >= 0.3 is 0 Å². The Hall–Kier alpha value is -2.89. The van der Waals surface area contributed by atoms with Crippen LogP contribution in [0.4, 0.5) is 5.82 Å². The van der Waals surface area contributed by atoms with Gasteiger partial charge in [-0.1, -0.05) is 30.4 Å². The lowest BCUT2D eigenvalue weighted by Gasteiger charge is -2.26. The van der Waals surface area contributed by atoms with Gasteiger partial charge in [-0.25, -0.2) is 4.98 Å². The number of hydrogen-bond acceptors (Lipinski definition) is 4. The Morgan fingerprint density at radius 2 is 2.29 bits per heavy atom. The van der Waals surface area contributed by atoms with E-state index in [4.69, 9.17) is 4.74 Å². The highest BCUT2D eigenvalue weighted by atomic mass is 16.5. The summed E-state index contributed by atoms with van der Waals surface area (Å²) in [5.41, 5.74) is 0.687. The maximum Gasteiger partial charge on any atom is 0.229 e. The molecule has 2 aromatic rings. The second-order valence-corrected chi connectivity index (χ2v) is 7.57. The van der Waals surface area contributed by atoms with E-state index in [1.54, 1.807) is 6.20 Å². The van der Waals surface area contributed by atoms with Gasteiger partial charge in [0.05, 0.1) is 12.8 Å². The Morgan fingerprint density at radius 1 is 1.39 bits per heavy atom. The zero-order valence-electron chi connectivity index (χ0n) is 16.3. The van der Waals surface area contributed by atoms with Crippen LogP contribution in [-0.2, 0) is 11.3 Å². The van der Waals surface area contributed by atoms with Crippen molar-refractivity contribution >= 4 is 11.7 Å². The maximum absolute atomic E-state index is 12.9. The highest BCUT2D eigenvalue weighted by molar-refractivity contribution is 5.94. The first-order valence-corrected chi connectivity index (χ1v) is 9.84. The van der Waals surface area contributed by atoms with Crippen molar-refractivity contribution in [3.63, 3.8) is 0 Å². The molecule has 0 aliphatic heterocycles. The van der Waals surface area contributed by atoms with Crippen molar-refractivity contribution < 1.29 is 9.53 Å². The van der Waals surface area contributed by atoms with Gasteiger partial charge in [0, 0.05) is 24.1 Å². The summed E-state index contributed by atoms with van der Waals surface area (Å²) < 4.78 is 8.07. The molecular weight excluding hydrogens is 352 g/mol. The number of allylic oxidation sites excluding steroid dienone is 4. The van der Waals surface area contributed by atoms with Crippen LogP contribution in [0.3, 0.4) is 0 Å². The maximum atomic E-state index is 12.9. The molecule has 4 rings (SSSR count). The lowest BCUT2D eigenvalue weighted by Crippen LogP contribution is -2.29. The summed E-state index contributed by atoms with van der Waals surface area (Å²) in [6.07, 6.45) is 13.9. The molecule has 1 fully saturated rings. The number of pyridine rings is 1. The van der Waals surface area contributed by atoms with Gasteiger partial charge in [-0.15, -0.1) is 0 Å². The van der Waals surface area contributed by atoms with E-state index in [0.29, 0.717) is 18.3 Å². The average Bonchev–Trinajstić information content (AvgIpc) is 3.37. The summed E-state index contributed by atoms with van der Waals surface area (Å²) in [6, 6.07) is 5.52. The number of carbonyl (C=O) groups is 1. The van der Waals surface area contributed by atoms with Gasteiger partial charge in [-0.3, -0.25) is 9.48 Å². The number of ether oxygens (including phenoxy) is 1. The van der Waals surface area contributed by atoms with Crippen LogP contribution in [0.15, 0.2) is 54.9 Å². The van der Waals surface area contributed by atoms with Crippen LogP contribution in [0.25, 0.3) is 0 Å². The summed E-state index contributed by atoms with van der Waals surface area (Å²) in [7, 11) is 0. The highest BCUT2D eigenvalue weighted by Gasteiger charge is 2.62. The summed E-state index contributed by atoms with van der Waals surface area (Å²) in [5, 5.41) is 7.41. The molecule has 2 aromatic heterocycles. The molecule has 1 N–H and O–H groups in total. The number of amides is 1. The number of hydrogen-bond donors (Lipinski definition) is 1. The van der Waals surface area contributed by atoms with Crippen molar-refractivity contribution in [1.29, 1.82) is 0 Å². The molecule has 2 heterocycles. The fraction of sp³-hybridized carbons (Fsp3) is 0.409. The number of aryl methyl sites for hydroxylation is 2. The number of nitrogens with zero attached hydrogens (tertiary/aromatic N) is 3. The van der Waals surface area contributed by atoms with Crippen molar-refractivity contribution in [3.8, 4) is 5.75 Å². The van der Waals surface area contributed by atoms with Crippen LogP contribution >= 0.6 is 0 Å². The minimum atomic E-state index is -0.194. The van der Waals surface area contributed by atoms with Crippen LogP contribution in [0.2, 0.25) is 0 Å². The van der Waals surface area contributed by atoms with Crippen molar-refractivity contribution in [2.75, 3.05) is 11.9 Å². The third-order valence-electron chi connectivity index (χ3n) is 5.79. The van der Waals surface area contributed by atoms with Crippen molar-refractivity contribution in [2.45, 2.75) is 33.2 Å². The molecule has 0 bridgehead atoms. The van der Waals surface area contributed by atoms with E-state index in [-0.39, 0.29) is 17.2 Å². The highest BCUT2D eigenvalue weighted by Crippen LogP contribution is 2.60. The molecule has 0 aromatic carbocycles. The predicted octanol–water partition coefficient (Wildman–Crippen LogP) is 3.76. The van der Waals surface area contributed by atoms with Gasteiger partial charge in [0.15, 0.2) is 5.75 Å². The van der Waals surface area contributed by atoms with Crippen LogP contribution in [0.5, 0.6) is 5.75 Å². The zero-order valence-corrected chi connectivity index (χ0v) is 16.3. The Bertz CT molecular complexity index is 903. The van der Waals surface area contributed by atoms with Crippen molar-refractivity contribution in [2.24, 2.45) is 17.3 Å². The Labute approximate surface area is 165 Å². The molecule has 6 heteroatoms. The largest absolute Gasteiger partial charge is 0.489 e. The van der Waals surface area contributed by atoms with Crippen LogP contribution in [-0.4, -0.2) is 27.3 Å². The molecule has 1 saturated carbocycles. The van der Waals surface area contributed by atoms with E-state index in [9.17, 15) is 4.79 Å². The second-order valence-electron chi connectivity index (χ2n) is 7.57. The van der Waals surface area contributed by atoms with Gasteiger partial charge in [0.1, 0.15) is 11.5 Å². The van der Waals surface area contributed by atoms with Gasteiger partial charge in [-0.2, -0.15) is 5.10 Å². The fourth-order valence-corrected chi connectivity index (χ4v) is 4.02.